The fourth-order valence-corrected chi connectivity index (χ4v) is 3.76. The molecule has 3 rings (SSSR count). The minimum absolute atomic E-state index is 0.0551. The maximum atomic E-state index is 11.0. The number of rotatable bonds is 5. The van der Waals surface area contributed by atoms with Crippen LogP contribution in [0.3, 0.4) is 0 Å². The second kappa shape index (κ2) is 8.59. The number of ether oxygens (including phenoxy) is 2. The topological polar surface area (TPSA) is 99.4 Å². The molecule has 4 N–H and O–H groups in total. The standard InChI is InChI=1S/C20H23ClO6S/c1-26-14-5-2-11(3-6-14)8-12-9-13(4-7-15(12)21)20(25)19(24)18(23)17(22)16(10-28)27-20/h2-7,9,16-19,22-25,28H,8,10H2,1H3/t16-,17-,18+,19-,20-/m1/s1. The van der Waals surface area contributed by atoms with Gasteiger partial charge in [0.1, 0.15) is 24.1 Å². The third kappa shape index (κ3) is 4.02. The Balaban J connectivity index is 1.92. The van der Waals surface area contributed by atoms with E-state index in [1.165, 1.54) is 6.07 Å². The van der Waals surface area contributed by atoms with Crippen LogP contribution in [0, 0.1) is 0 Å². The second-order valence-electron chi connectivity index (χ2n) is 6.79. The first kappa shape index (κ1) is 21.4. The van der Waals surface area contributed by atoms with E-state index < -0.39 is 30.2 Å². The van der Waals surface area contributed by atoms with Crippen LogP contribution in [0.5, 0.6) is 5.75 Å². The molecular weight excluding hydrogens is 404 g/mol. The summed E-state index contributed by atoms with van der Waals surface area (Å²) >= 11 is 10.4. The first-order valence-electron chi connectivity index (χ1n) is 8.77. The molecule has 1 heterocycles. The third-order valence-electron chi connectivity index (χ3n) is 4.98. The molecule has 2 aromatic rings. The number of aliphatic hydroxyl groups excluding tert-OH is 3. The molecule has 0 saturated carbocycles. The Morgan fingerprint density at radius 3 is 2.39 bits per heavy atom. The summed E-state index contributed by atoms with van der Waals surface area (Å²) in [5.74, 6) is -1.41. The maximum absolute atomic E-state index is 11.0. The average molecular weight is 427 g/mol. The summed E-state index contributed by atoms with van der Waals surface area (Å²) in [7, 11) is 1.59. The Morgan fingerprint density at radius 2 is 1.79 bits per heavy atom. The van der Waals surface area contributed by atoms with Gasteiger partial charge in [-0.2, -0.15) is 12.6 Å². The zero-order valence-corrected chi connectivity index (χ0v) is 16.8. The smallest absolute Gasteiger partial charge is 0.222 e. The lowest BCUT2D eigenvalue weighted by Gasteiger charge is -2.45. The van der Waals surface area contributed by atoms with Crippen LogP contribution in [0.1, 0.15) is 16.7 Å². The lowest BCUT2D eigenvalue weighted by molar-refractivity contribution is -0.350. The van der Waals surface area contributed by atoms with E-state index in [0.717, 1.165) is 11.3 Å². The van der Waals surface area contributed by atoms with Crippen molar-refractivity contribution in [1.82, 2.24) is 0 Å². The molecule has 1 aliphatic heterocycles. The van der Waals surface area contributed by atoms with Gasteiger partial charge in [-0.25, -0.2) is 0 Å². The molecular formula is C20H23ClO6S. The highest BCUT2D eigenvalue weighted by atomic mass is 35.5. The summed E-state index contributed by atoms with van der Waals surface area (Å²) < 4.78 is 10.7. The Labute approximate surface area is 173 Å². The van der Waals surface area contributed by atoms with Gasteiger partial charge >= 0.3 is 0 Å². The van der Waals surface area contributed by atoms with Crippen molar-refractivity contribution in [3.8, 4) is 5.75 Å². The average Bonchev–Trinajstić information content (AvgIpc) is 2.71. The minimum atomic E-state index is -2.20. The van der Waals surface area contributed by atoms with E-state index in [0.29, 0.717) is 17.0 Å². The van der Waals surface area contributed by atoms with E-state index in [1.54, 1.807) is 19.2 Å². The van der Waals surface area contributed by atoms with Crippen LogP contribution in [-0.4, -0.2) is 57.7 Å². The van der Waals surface area contributed by atoms with Crippen molar-refractivity contribution in [2.45, 2.75) is 36.6 Å². The molecule has 5 atom stereocenters. The molecule has 8 heteroatoms. The highest BCUT2D eigenvalue weighted by Gasteiger charge is 2.53. The Morgan fingerprint density at radius 1 is 1.11 bits per heavy atom. The van der Waals surface area contributed by atoms with E-state index in [9.17, 15) is 20.4 Å². The molecule has 0 unspecified atom stereocenters. The lowest BCUT2D eigenvalue weighted by Crippen LogP contribution is -2.63. The normalized spacial score (nSPS) is 30.2. The number of methoxy groups -OCH3 is 1. The van der Waals surface area contributed by atoms with Crippen LogP contribution >= 0.6 is 24.2 Å². The van der Waals surface area contributed by atoms with Crippen LogP contribution in [0.15, 0.2) is 42.5 Å². The van der Waals surface area contributed by atoms with Crippen LogP contribution in [0.25, 0.3) is 0 Å². The first-order chi connectivity index (χ1) is 13.3. The summed E-state index contributed by atoms with van der Waals surface area (Å²) in [5.41, 5.74) is 1.91. The predicted molar refractivity (Wildman–Crippen MR) is 108 cm³/mol. The summed E-state index contributed by atoms with van der Waals surface area (Å²) in [4.78, 5) is 0. The molecule has 1 fully saturated rings. The Hall–Kier alpha value is -1.32. The van der Waals surface area contributed by atoms with Crippen molar-refractivity contribution in [1.29, 1.82) is 0 Å². The van der Waals surface area contributed by atoms with Gasteiger partial charge in [-0.05, 0) is 41.8 Å². The van der Waals surface area contributed by atoms with Gasteiger partial charge in [-0.15, -0.1) is 0 Å². The van der Waals surface area contributed by atoms with E-state index in [4.69, 9.17) is 21.1 Å². The largest absolute Gasteiger partial charge is 0.497 e. The van der Waals surface area contributed by atoms with E-state index in [2.05, 4.69) is 12.6 Å². The number of hydrogen-bond donors (Lipinski definition) is 5. The van der Waals surface area contributed by atoms with Crippen LogP contribution < -0.4 is 4.74 Å². The molecule has 152 valence electrons. The van der Waals surface area contributed by atoms with Crippen molar-refractivity contribution >= 4 is 24.2 Å². The van der Waals surface area contributed by atoms with E-state index in [1.807, 2.05) is 24.3 Å². The van der Waals surface area contributed by atoms with Crippen LogP contribution in [-0.2, 0) is 16.9 Å². The number of halogens is 1. The molecule has 0 aliphatic carbocycles. The van der Waals surface area contributed by atoms with Gasteiger partial charge in [0.2, 0.25) is 5.79 Å². The first-order valence-corrected chi connectivity index (χ1v) is 9.78. The highest BCUT2D eigenvalue weighted by Crippen LogP contribution is 2.38. The number of thiol groups is 1. The molecule has 1 saturated heterocycles. The van der Waals surface area contributed by atoms with Crippen molar-refractivity contribution in [3.05, 3.63) is 64.2 Å². The van der Waals surface area contributed by atoms with Gasteiger partial charge in [0.05, 0.1) is 13.2 Å². The predicted octanol–water partition coefficient (Wildman–Crippen LogP) is 1.50. The zero-order valence-electron chi connectivity index (χ0n) is 15.2. The number of benzene rings is 2. The van der Waals surface area contributed by atoms with Crippen LogP contribution in [0.4, 0.5) is 0 Å². The zero-order chi connectivity index (χ0) is 20.5. The van der Waals surface area contributed by atoms with Gasteiger partial charge < -0.3 is 29.9 Å². The number of aliphatic hydroxyl groups is 4. The van der Waals surface area contributed by atoms with Gasteiger partial charge in [0.15, 0.2) is 0 Å². The highest BCUT2D eigenvalue weighted by molar-refractivity contribution is 7.80. The summed E-state index contributed by atoms with van der Waals surface area (Å²) in [5, 5.41) is 42.0. The van der Waals surface area contributed by atoms with Gasteiger partial charge in [0, 0.05) is 16.3 Å². The monoisotopic (exact) mass is 426 g/mol. The molecule has 1 aliphatic rings. The maximum Gasteiger partial charge on any atom is 0.222 e. The molecule has 0 spiro atoms. The van der Waals surface area contributed by atoms with E-state index >= 15 is 0 Å². The van der Waals surface area contributed by atoms with Gasteiger partial charge in [-0.1, -0.05) is 29.8 Å². The molecule has 2 aromatic carbocycles. The molecule has 28 heavy (non-hydrogen) atoms. The van der Waals surface area contributed by atoms with Gasteiger partial charge in [-0.3, -0.25) is 0 Å². The van der Waals surface area contributed by atoms with Crippen molar-refractivity contribution in [3.63, 3.8) is 0 Å². The van der Waals surface area contributed by atoms with Crippen molar-refractivity contribution in [2.24, 2.45) is 0 Å². The Kier molecular flexibility index (Phi) is 6.56. The van der Waals surface area contributed by atoms with E-state index in [-0.39, 0.29) is 11.3 Å². The molecule has 0 bridgehead atoms. The lowest BCUT2D eigenvalue weighted by atomic mass is 9.87. The van der Waals surface area contributed by atoms with Gasteiger partial charge in [0.25, 0.3) is 0 Å². The fourth-order valence-electron chi connectivity index (χ4n) is 3.29. The SMILES string of the molecule is COc1ccc(Cc2cc([C@@]3(O)O[C@H](CS)[C@@H](O)[C@H](O)[C@H]3O)ccc2Cl)cc1. The fraction of sp³-hybridized carbons (Fsp3) is 0.400. The second-order valence-corrected chi connectivity index (χ2v) is 7.56. The summed E-state index contributed by atoms with van der Waals surface area (Å²) in [6, 6.07) is 12.2. The number of hydrogen-bond acceptors (Lipinski definition) is 7. The molecule has 0 amide bonds. The van der Waals surface area contributed by atoms with Crippen molar-refractivity contribution in [2.75, 3.05) is 12.9 Å². The molecule has 0 radical (unpaired) electrons. The van der Waals surface area contributed by atoms with Crippen molar-refractivity contribution < 1.29 is 29.9 Å². The quantitative estimate of drug-likeness (QED) is 0.465. The third-order valence-corrected chi connectivity index (χ3v) is 5.71. The Bertz CT molecular complexity index is 815. The summed E-state index contributed by atoms with van der Waals surface area (Å²) in [6.07, 6.45) is -5.17. The molecule has 0 aromatic heterocycles. The minimum Gasteiger partial charge on any atom is -0.497 e. The summed E-state index contributed by atoms with van der Waals surface area (Å²) in [6.45, 7) is 0. The molecule has 6 nitrogen and oxygen atoms in total. The van der Waals surface area contributed by atoms with Crippen LogP contribution in [0.2, 0.25) is 5.02 Å².